The molecule has 5 heteroatoms. The summed E-state index contributed by atoms with van der Waals surface area (Å²) in [5, 5.41) is 26.2. The zero-order valence-corrected chi connectivity index (χ0v) is 23.5. The highest BCUT2D eigenvalue weighted by Gasteiger charge is 2.21. The summed E-state index contributed by atoms with van der Waals surface area (Å²) >= 11 is 0. The predicted molar refractivity (Wildman–Crippen MR) is 158 cm³/mol. The molecule has 0 spiro atoms. The Morgan fingerprint density at radius 1 is 0.897 bits per heavy atom. The molecular formula is C34H39NO4. The number of carbonyl (C=O) groups is 1. The Morgan fingerprint density at radius 3 is 2.33 bits per heavy atom. The van der Waals surface area contributed by atoms with E-state index in [0.29, 0.717) is 12.1 Å². The molecule has 0 aliphatic heterocycles. The number of aliphatic hydroxyl groups is 1. The van der Waals surface area contributed by atoms with E-state index in [9.17, 15) is 15.0 Å². The number of rotatable bonds is 11. The summed E-state index contributed by atoms with van der Waals surface area (Å²) in [4.78, 5) is 11.6. The van der Waals surface area contributed by atoms with Gasteiger partial charge in [-0.15, -0.1) is 0 Å². The van der Waals surface area contributed by atoms with Crippen molar-refractivity contribution in [3.63, 3.8) is 0 Å². The molecule has 39 heavy (non-hydrogen) atoms. The molecule has 0 aliphatic carbocycles. The van der Waals surface area contributed by atoms with Gasteiger partial charge in [0.1, 0.15) is 0 Å². The Morgan fingerprint density at radius 2 is 1.59 bits per heavy atom. The summed E-state index contributed by atoms with van der Waals surface area (Å²) in [6.45, 7) is 10.7. The molecule has 0 fully saturated rings. The van der Waals surface area contributed by atoms with Crippen LogP contribution < -0.4 is 5.32 Å². The molecule has 0 radical (unpaired) electrons. The van der Waals surface area contributed by atoms with E-state index in [1.54, 1.807) is 6.07 Å². The van der Waals surface area contributed by atoms with Crippen molar-refractivity contribution >= 4 is 16.7 Å². The number of aliphatic hydroxyl groups excluding tert-OH is 1. The molecule has 0 aromatic heterocycles. The second-order valence-corrected chi connectivity index (χ2v) is 11.1. The van der Waals surface area contributed by atoms with Crippen molar-refractivity contribution in [3.8, 4) is 11.1 Å². The predicted octanol–water partition coefficient (Wildman–Crippen LogP) is 6.87. The Labute approximate surface area is 231 Å². The molecule has 4 aromatic carbocycles. The molecule has 0 amide bonds. The monoisotopic (exact) mass is 525 g/mol. The number of benzene rings is 4. The van der Waals surface area contributed by atoms with Crippen LogP contribution in [0.25, 0.3) is 21.9 Å². The first kappa shape index (κ1) is 28.5. The fraction of sp³-hybridized carbons (Fsp3) is 0.324. The van der Waals surface area contributed by atoms with E-state index in [2.05, 4.69) is 61.6 Å². The largest absolute Gasteiger partial charge is 0.478 e. The third-order valence-electron chi connectivity index (χ3n) is 7.52. The van der Waals surface area contributed by atoms with Crippen molar-refractivity contribution in [2.75, 3.05) is 13.2 Å². The maximum atomic E-state index is 11.6. The lowest BCUT2D eigenvalue weighted by molar-refractivity contribution is -0.00397. The van der Waals surface area contributed by atoms with Crippen LogP contribution in [0.5, 0.6) is 0 Å². The molecule has 0 saturated heterocycles. The van der Waals surface area contributed by atoms with Crippen LogP contribution in [0.1, 0.15) is 59.5 Å². The van der Waals surface area contributed by atoms with Gasteiger partial charge in [-0.3, -0.25) is 0 Å². The maximum Gasteiger partial charge on any atom is 0.335 e. The molecule has 4 rings (SSSR count). The zero-order valence-electron chi connectivity index (χ0n) is 23.5. The Kier molecular flexibility index (Phi) is 8.86. The van der Waals surface area contributed by atoms with Crippen LogP contribution in [0.4, 0.5) is 0 Å². The van der Waals surface area contributed by atoms with Crippen molar-refractivity contribution in [1.82, 2.24) is 5.32 Å². The molecule has 204 valence electrons. The van der Waals surface area contributed by atoms with Crippen molar-refractivity contribution in [2.24, 2.45) is 0 Å². The van der Waals surface area contributed by atoms with Gasteiger partial charge in [0.05, 0.1) is 24.4 Å². The number of carboxylic acid groups (broad SMARTS) is 1. The van der Waals surface area contributed by atoms with E-state index in [1.165, 1.54) is 16.3 Å². The minimum Gasteiger partial charge on any atom is -0.478 e. The number of carboxylic acids is 1. The van der Waals surface area contributed by atoms with Crippen LogP contribution >= 0.6 is 0 Å². The van der Waals surface area contributed by atoms with Gasteiger partial charge in [-0.2, -0.15) is 0 Å². The molecule has 2 atom stereocenters. The summed E-state index contributed by atoms with van der Waals surface area (Å²) in [6, 6.07) is 26.5. The van der Waals surface area contributed by atoms with Crippen molar-refractivity contribution in [1.29, 1.82) is 0 Å². The van der Waals surface area contributed by atoms with Gasteiger partial charge >= 0.3 is 5.97 Å². The van der Waals surface area contributed by atoms with Crippen molar-refractivity contribution in [2.45, 2.75) is 58.8 Å². The van der Waals surface area contributed by atoms with E-state index in [0.717, 1.165) is 34.2 Å². The van der Waals surface area contributed by atoms with Gasteiger partial charge in [0.25, 0.3) is 0 Å². The minimum absolute atomic E-state index is 0.195. The van der Waals surface area contributed by atoms with Crippen LogP contribution in [0.2, 0.25) is 0 Å². The van der Waals surface area contributed by atoms with Gasteiger partial charge in [0.2, 0.25) is 0 Å². The maximum absolute atomic E-state index is 11.6. The second-order valence-electron chi connectivity index (χ2n) is 11.1. The van der Waals surface area contributed by atoms with E-state index < -0.39 is 12.1 Å². The fourth-order valence-corrected chi connectivity index (χ4v) is 5.16. The number of ether oxygens (including phenoxy) is 1. The van der Waals surface area contributed by atoms with Gasteiger partial charge < -0.3 is 20.3 Å². The molecule has 0 bridgehead atoms. The van der Waals surface area contributed by atoms with Crippen LogP contribution in [-0.2, 0) is 11.2 Å². The lowest BCUT2D eigenvalue weighted by Gasteiger charge is -2.28. The van der Waals surface area contributed by atoms with Crippen molar-refractivity contribution in [3.05, 3.63) is 107 Å². The third kappa shape index (κ3) is 6.93. The number of fused-ring (bicyclic) bond motifs is 1. The molecule has 3 N–H and O–H groups in total. The topological polar surface area (TPSA) is 78.8 Å². The van der Waals surface area contributed by atoms with Gasteiger partial charge in [0.15, 0.2) is 0 Å². The highest BCUT2D eigenvalue weighted by molar-refractivity contribution is 5.91. The highest BCUT2D eigenvalue weighted by Crippen LogP contribution is 2.34. The SMILES string of the molecule is Cc1c(C(=O)O)ccc(-c2ccccc2C(C)OC[C@H](O)CNC(C)(C)Cc2ccc3ccccc3c2)c1C. The second kappa shape index (κ2) is 12.1. The van der Waals surface area contributed by atoms with Gasteiger partial charge in [0, 0.05) is 12.1 Å². The summed E-state index contributed by atoms with van der Waals surface area (Å²) in [5.41, 5.74) is 6.07. The number of hydrogen-bond donors (Lipinski definition) is 3. The zero-order chi connectivity index (χ0) is 28.2. The Hall–Kier alpha value is -3.51. The third-order valence-corrected chi connectivity index (χ3v) is 7.52. The Balaban J connectivity index is 1.36. The number of aromatic carboxylic acids is 1. The standard InChI is InChI=1S/C34H39NO4/c1-22-23(2)30(33(37)38)17-16-29(22)32-13-9-8-12-31(32)24(3)39-21-28(36)20-35-34(4,5)19-25-14-15-26-10-6-7-11-27(26)18-25/h6-18,24,28,35-36H,19-21H2,1-5H3,(H,37,38)/t24?,28-/m1/s1. The summed E-state index contributed by atoms with van der Waals surface area (Å²) < 4.78 is 6.13. The highest BCUT2D eigenvalue weighted by atomic mass is 16.5. The van der Waals surface area contributed by atoms with Crippen LogP contribution in [0.3, 0.4) is 0 Å². The average molecular weight is 526 g/mol. The molecule has 0 aliphatic rings. The number of β-amino-alcohol motifs (C(OH)–C–C–N with tert-alkyl or cyclic N) is 1. The first-order valence-electron chi connectivity index (χ1n) is 13.5. The van der Waals surface area contributed by atoms with Crippen LogP contribution in [0, 0.1) is 13.8 Å². The normalized spacial score (nSPS) is 13.4. The molecule has 5 nitrogen and oxygen atoms in total. The quantitative estimate of drug-likeness (QED) is 0.199. The van der Waals surface area contributed by atoms with Gasteiger partial charge in [-0.1, -0.05) is 72.8 Å². The number of nitrogens with one attached hydrogen (secondary N) is 1. The van der Waals surface area contributed by atoms with Gasteiger partial charge in [-0.25, -0.2) is 4.79 Å². The lowest BCUT2D eigenvalue weighted by atomic mass is 9.90. The van der Waals surface area contributed by atoms with Crippen LogP contribution in [0.15, 0.2) is 78.9 Å². The lowest BCUT2D eigenvalue weighted by Crippen LogP contribution is -2.46. The first-order valence-corrected chi connectivity index (χ1v) is 13.5. The van der Waals surface area contributed by atoms with E-state index in [4.69, 9.17) is 4.74 Å². The molecule has 0 heterocycles. The minimum atomic E-state index is -0.921. The van der Waals surface area contributed by atoms with E-state index in [-0.39, 0.29) is 18.2 Å². The van der Waals surface area contributed by atoms with Crippen LogP contribution in [-0.4, -0.2) is 41.0 Å². The summed E-state index contributed by atoms with van der Waals surface area (Å²) in [6.07, 6.45) is -0.0659. The molecule has 1 unspecified atom stereocenters. The molecular weight excluding hydrogens is 486 g/mol. The molecule has 4 aromatic rings. The van der Waals surface area contributed by atoms with E-state index in [1.807, 2.05) is 51.1 Å². The summed E-state index contributed by atoms with van der Waals surface area (Å²) in [5.74, 6) is -0.921. The molecule has 0 saturated carbocycles. The number of hydrogen-bond acceptors (Lipinski definition) is 4. The van der Waals surface area contributed by atoms with E-state index >= 15 is 0 Å². The smallest absolute Gasteiger partial charge is 0.335 e. The first-order chi connectivity index (χ1) is 18.6. The van der Waals surface area contributed by atoms with Gasteiger partial charge in [-0.05, 0) is 91.3 Å². The summed E-state index contributed by atoms with van der Waals surface area (Å²) in [7, 11) is 0. The average Bonchev–Trinajstić information content (AvgIpc) is 2.91. The van der Waals surface area contributed by atoms with Crippen molar-refractivity contribution < 1.29 is 19.7 Å². The fourth-order valence-electron chi connectivity index (χ4n) is 5.16. The Bertz CT molecular complexity index is 1460.